The molecule has 134 valence electrons. The highest BCUT2D eigenvalue weighted by Crippen LogP contribution is 2.21. The van der Waals surface area contributed by atoms with E-state index in [2.05, 4.69) is 10.4 Å². The van der Waals surface area contributed by atoms with Crippen LogP contribution in [0.25, 0.3) is 0 Å². The van der Waals surface area contributed by atoms with Crippen LogP contribution in [0.5, 0.6) is 5.88 Å². The number of methoxy groups -OCH3 is 1. The first-order valence-corrected chi connectivity index (χ1v) is 8.74. The van der Waals surface area contributed by atoms with Gasteiger partial charge in [-0.05, 0) is 31.9 Å². The van der Waals surface area contributed by atoms with E-state index in [4.69, 9.17) is 4.74 Å². The van der Waals surface area contributed by atoms with Crippen LogP contribution in [0.15, 0.2) is 30.3 Å². The first-order valence-electron chi connectivity index (χ1n) is 8.74. The highest BCUT2D eigenvalue weighted by Gasteiger charge is 2.24. The van der Waals surface area contributed by atoms with E-state index in [0.717, 1.165) is 55.2 Å². The first-order chi connectivity index (χ1) is 12.1. The normalized spacial score (nSPS) is 15.4. The summed E-state index contributed by atoms with van der Waals surface area (Å²) in [5.41, 5.74) is 2.86. The van der Waals surface area contributed by atoms with Crippen molar-refractivity contribution in [3.63, 3.8) is 0 Å². The molecule has 0 radical (unpaired) electrons. The third-order valence-corrected chi connectivity index (χ3v) is 4.85. The van der Waals surface area contributed by atoms with Crippen LogP contribution in [-0.4, -0.2) is 46.8 Å². The van der Waals surface area contributed by atoms with Crippen LogP contribution in [0.4, 0.5) is 0 Å². The fourth-order valence-corrected chi connectivity index (χ4v) is 3.44. The molecule has 1 amide bonds. The minimum Gasteiger partial charge on any atom is -0.481 e. The summed E-state index contributed by atoms with van der Waals surface area (Å²) in [6.07, 6.45) is 1.92. The second-order valence-electron chi connectivity index (χ2n) is 6.51. The Morgan fingerprint density at radius 2 is 1.96 bits per heavy atom. The largest absolute Gasteiger partial charge is 0.481 e. The highest BCUT2D eigenvalue weighted by molar-refractivity contribution is 5.94. The number of aryl methyl sites for hydroxylation is 2. The lowest BCUT2D eigenvalue weighted by Gasteiger charge is -2.32. The average molecular weight is 342 g/mol. The van der Waals surface area contributed by atoms with Crippen molar-refractivity contribution in [1.29, 1.82) is 0 Å². The summed E-state index contributed by atoms with van der Waals surface area (Å²) in [7, 11) is 3.57. The Kier molecular flexibility index (Phi) is 5.38. The smallest absolute Gasteiger partial charge is 0.253 e. The van der Waals surface area contributed by atoms with Gasteiger partial charge in [-0.1, -0.05) is 18.2 Å². The number of nitrogens with zero attached hydrogens (tertiary/aromatic N) is 3. The fourth-order valence-electron chi connectivity index (χ4n) is 3.44. The number of carbonyl (C=O) groups is 1. The molecule has 3 rings (SSSR count). The molecule has 6 heteroatoms. The van der Waals surface area contributed by atoms with Crippen molar-refractivity contribution in [2.75, 3.05) is 20.2 Å². The van der Waals surface area contributed by atoms with E-state index in [0.29, 0.717) is 6.04 Å². The third kappa shape index (κ3) is 3.85. The number of carbonyl (C=O) groups excluding carboxylic acids is 1. The average Bonchev–Trinajstić information content (AvgIpc) is 2.93. The number of benzene rings is 1. The zero-order valence-corrected chi connectivity index (χ0v) is 15.2. The Morgan fingerprint density at radius 1 is 1.28 bits per heavy atom. The summed E-state index contributed by atoms with van der Waals surface area (Å²) < 4.78 is 7.21. The van der Waals surface area contributed by atoms with E-state index < -0.39 is 0 Å². The maximum absolute atomic E-state index is 12.5. The van der Waals surface area contributed by atoms with Gasteiger partial charge in [-0.2, -0.15) is 5.10 Å². The van der Waals surface area contributed by atoms with Crippen molar-refractivity contribution in [1.82, 2.24) is 20.0 Å². The Bertz CT molecular complexity index is 719. The lowest BCUT2D eigenvalue weighted by atomic mass is 10.0. The number of nitrogens with one attached hydrogen (secondary N) is 1. The predicted molar refractivity (Wildman–Crippen MR) is 96.7 cm³/mol. The van der Waals surface area contributed by atoms with E-state index in [1.807, 2.05) is 49.2 Å². The van der Waals surface area contributed by atoms with Gasteiger partial charge < -0.3 is 15.0 Å². The van der Waals surface area contributed by atoms with Crippen molar-refractivity contribution in [2.24, 2.45) is 7.05 Å². The molecular weight excluding hydrogens is 316 g/mol. The SMILES string of the molecule is COc1c(CNC2CCN(C(=O)c3ccccc3)CC2)c(C)nn1C. The van der Waals surface area contributed by atoms with Crippen molar-refractivity contribution in [2.45, 2.75) is 32.4 Å². The van der Waals surface area contributed by atoms with Gasteiger partial charge in [0.05, 0.1) is 18.4 Å². The van der Waals surface area contributed by atoms with Gasteiger partial charge in [0, 0.05) is 38.3 Å². The zero-order valence-electron chi connectivity index (χ0n) is 15.2. The number of amides is 1. The number of hydrogen-bond donors (Lipinski definition) is 1. The van der Waals surface area contributed by atoms with E-state index in [-0.39, 0.29) is 5.91 Å². The maximum atomic E-state index is 12.5. The number of rotatable bonds is 5. The maximum Gasteiger partial charge on any atom is 0.253 e. The Balaban J connectivity index is 1.53. The van der Waals surface area contributed by atoms with E-state index in [1.165, 1.54) is 0 Å². The summed E-state index contributed by atoms with van der Waals surface area (Å²) in [5.74, 6) is 0.936. The van der Waals surface area contributed by atoms with E-state index in [9.17, 15) is 4.79 Å². The van der Waals surface area contributed by atoms with Gasteiger partial charge in [-0.3, -0.25) is 4.79 Å². The number of ether oxygens (including phenoxy) is 1. The van der Waals surface area contributed by atoms with Crippen molar-refractivity contribution < 1.29 is 9.53 Å². The zero-order chi connectivity index (χ0) is 17.8. The molecule has 2 aromatic rings. The molecule has 1 fully saturated rings. The van der Waals surface area contributed by atoms with Gasteiger partial charge >= 0.3 is 0 Å². The molecule has 0 bridgehead atoms. The minimum absolute atomic E-state index is 0.129. The molecule has 1 aliphatic rings. The van der Waals surface area contributed by atoms with Crippen LogP contribution in [0.2, 0.25) is 0 Å². The molecule has 1 saturated heterocycles. The van der Waals surface area contributed by atoms with Gasteiger partial charge in [0.15, 0.2) is 0 Å². The standard InChI is InChI=1S/C19H26N4O2/c1-14-17(19(25-3)22(2)21-14)13-20-16-9-11-23(12-10-16)18(24)15-7-5-4-6-8-15/h4-8,16,20H,9-13H2,1-3H3. The van der Waals surface area contributed by atoms with Gasteiger partial charge in [0.1, 0.15) is 0 Å². The highest BCUT2D eigenvalue weighted by atomic mass is 16.5. The molecule has 25 heavy (non-hydrogen) atoms. The molecule has 0 aliphatic carbocycles. The van der Waals surface area contributed by atoms with Gasteiger partial charge in [0.25, 0.3) is 5.91 Å². The number of piperidine rings is 1. The summed E-state index contributed by atoms with van der Waals surface area (Å²) in [4.78, 5) is 14.4. The molecule has 0 saturated carbocycles. The van der Waals surface area contributed by atoms with Crippen molar-refractivity contribution in [3.8, 4) is 5.88 Å². The quantitative estimate of drug-likeness (QED) is 0.904. The van der Waals surface area contributed by atoms with Crippen LogP contribution in [0, 0.1) is 6.92 Å². The lowest BCUT2D eigenvalue weighted by molar-refractivity contribution is 0.0704. The summed E-state index contributed by atoms with van der Waals surface area (Å²) in [5, 5.41) is 8.01. The van der Waals surface area contributed by atoms with E-state index in [1.54, 1.807) is 11.8 Å². The minimum atomic E-state index is 0.129. The molecule has 2 heterocycles. The molecule has 1 aromatic heterocycles. The van der Waals surface area contributed by atoms with Crippen LogP contribution in [-0.2, 0) is 13.6 Å². The molecule has 0 spiro atoms. The van der Waals surface area contributed by atoms with Crippen molar-refractivity contribution in [3.05, 3.63) is 47.2 Å². The summed E-state index contributed by atoms with van der Waals surface area (Å²) >= 11 is 0. The van der Waals surface area contributed by atoms with Gasteiger partial charge in [-0.15, -0.1) is 0 Å². The van der Waals surface area contributed by atoms with Crippen LogP contribution < -0.4 is 10.1 Å². The molecule has 6 nitrogen and oxygen atoms in total. The van der Waals surface area contributed by atoms with Crippen LogP contribution in [0.3, 0.4) is 0 Å². The Morgan fingerprint density at radius 3 is 2.60 bits per heavy atom. The van der Waals surface area contributed by atoms with Crippen LogP contribution >= 0.6 is 0 Å². The predicted octanol–water partition coefficient (Wildman–Crippen LogP) is 2.13. The monoisotopic (exact) mass is 342 g/mol. The summed E-state index contributed by atoms with van der Waals surface area (Å²) in [6.45, 7) is 4.31. The molecule has 0 atom stereocenters. The number of hydrogen-bond acceptors (Lipinski definition) is 4. The molecular formula is C19H26N4O2. The van der Waals surface area contributed by atoms with Crippen LogP contribution in [0.1, 0.15) is 34.5 Å². The first kappa shape index (κ1) is 17.5. The molecule has 1 aliphatic heterocycles. The van der Waals surface area contributed by atoms with Gasteiger partial charge in [0.2, 0.25) is 5.88 Å². The summed E-state index contributed by atoms with van der Waals surface area (Å²) in [6, 6.07) is 9.91. The van der Waals surface area contributed by atoms with E-state index >= 15 is 0 Å². The third-order valence-electron chi connectivity index (χ3n) is 4.85. The number of aromatic nitrogens is 2. The second kappa shape index (κ2) is 7.70. The van der Waals surface area contributed by atoms with Gasteiger partial charge in [-0.25, -0.2) is 4.68 Å². The number of likely N-dealkylation sites (tertiary alicyclic amines) is 1. The fraction of sp³-hybridized carbons (Fsp3) is 0.474. The molecule has 1 aromatic carbocycles. The molecule has 1 N–H and O–H groups in total. The molecule has 0 unspecified atom stereocenters. The Hall–Kier alpha value is -2.34. The Labute approximate surface area is 148 Å². The van der Waals surface area contributed by atoms with Crippen molar-refractivity contribution >= 4 is 5.91 Å². The topological polar surface area (TPSA) is 59.4 Å². The lowest BCUT2D eigenvalue weighted by Crippen LogP contribution is -2.44. The second-order valence-corrected chi connectivity index (χ2v) is 6.51.